The minimum Gasteiger partial charge on any atom is -0.474 e. The van der Waals surface area contributed by atoms with E-state index in [1.807, 2.05) is 19.2 Å². The smallest absolute Gasteiger partial charge is 0.272 e. The normalized spacial score (nSPS) is 19.4. The molecule has 0 unspecified atom stereocenters. The van der Waals surface area contributed by atoms with Gasteiger partial charge in [-0.05, 0) is 57.7 Å². The number of hydrogen-bond acceptors (Lipinski definition) is 5. The summed E-state index contributed by atoms with van der Waals surface area (Å²) in [6.07, 6.45) is 6.80. The second-order valence-corrected chi connectivity index (χ2v) is 7.01. The molecule has 1 saturated heterocycles. The lowest BCUT2D eigenvalue weighted by molar-refractivity contribution is 0.0925. The van der Waals surface area contributed by atoms with Crippen molar-refractivity contribution in [3.63, 3.8) is 0 Å². The molecule has 7 nitrogen and oxygen atoms in total. The van der Waals surface area contributed by atoms with Gasteiger partial charge in [-0.2, -0.15) is 10.1 Å². The summed E-state index contributed by atoms with van der Waals surface area (Å²) in [6, 6.07) is 3.96. The third kappa shape index (κ3) is 3.46. The zero-order valence-corrected chi connectivity index (χ0v) is 14.6. The Hall–Kier alpha value is -2.15. The number of nitrogens with one attached hydrogen (secondary N) is 2. The quantitative estimate of drug-likeness (QED) is 0.884. The standard InChI is InChI=1S/C18H25N5O2/c1-23-17-14(6-7-15(21-17)25-13-4-2-3-5-13)16(22-23)18(24)20-12-8-10-19-11-9-12/h6-7,12-13,19H,2-5,8-11H2,1H3,(H,20,24). The monoisotopic (exact) mass is 343 g/mol. The van der Waals surface area contributed by atoms with Crippen molar-refractivity contribution >= 4 is 16.9 Å². The van der Waals surface area contributed by atoms with Crippen molar-refractivity contribution < 1.29 is 9.53 Å². The van der Waals surface area contributed by atoms with Crippen LogP contribution in [0.3, 0.4) is 0 Å². The Kier molecular flexibility index (Phi) is 4.57. The lowest BCUT2D eigenvalue weighted by Gasteiger charge is -2.23. The summed E-state index contributed by atoms with van der Waals surface area (Å²) < 4.78 is 7.63. The van der Waals surface area contributed by atoms with E-state index in [-0.39, 0.29) is 18.1 Å². The van der Waals surface area contributed by atoms with Crippen LogP contribution in [0.5, 0.6) is 5.88 Å². The topological polar surface area (TPSA) is 81.1 Å². The molecule has 0 bridgehead atoms. The largest absolute Gasteiger partial charge is 0.474 e. The highest BCUT2D eigenvalue weighted by molar-refractivity contribution is 6.04. The van der Waals surface area contributed by atoms with Gasteiger partial charge in [-0.3, -0.25) is 4.79 Å². The lowest BCUT2D eigenvalue weighted by atomic mass is 10.1. The first-order valence-electron chi connectivity index (χ1n) is 9.23. The van der Waals surface area contributed by atoms with E-state index >= 15 is 0 Å². The summed E-state index contributed by atoms with van der Waals surface area (Å²) in [7, 11) is 1.82. The van der Waals surface area contributed by atoms with E-state index in [9.17, 15) is 4.79 Å². The predicted octanol–water partition coefficient (Wildman–Crippen LogP) is 1.77. The van der Waals surface area contributed by atoms with Crippen LogP contribution in [0.4, 0.5) is 0 Å². The average molecular weight is 343 g/mol. The number of piperidine rings is 1. The van der Waals surface area contributed by atoms with E-state index in [0.29, 0.717) is 17.2 Å². The van der Waals surface area contributed by atoms with Crippen molar-refractivity contribution in [2.75, 3.05) is 13.1 Å². The Labute approximate surface area is 147 Å². The van der Waals surface area contributed by atoms with Gasteiger partial charge in [0.15, 0.2) is 11.3 Å². The van der Waals surface area contributed by atoms with Gasteiger partial charge in [0, 0.05) is 19.2 Å². The summed E-state index contributed by atoms with van der Waals surface area (Å²) in [6.45, 7) is 1.88. The molecule has 2 aromatic heterocycles. The zero-order chi connectivity index (χ0) is 17.2. The van der Waals surface area contributed by atoms with Gasteiger partial charge in [-0.25, -0.2) is 4.68 Å². The van der Waals surface area contributed by atoms with Crippen molar-refractivity contribution in [3.8, 4) is 5.88 Å². The molecule has 2 aromatic rings. The molecule has 0 atom stereocenters. The number of fused-ring (bicyclic) bond motifs is 1. The zero-order valence-electron chi connectivity index (χ0n) is 14.6. The molecular weight excluding hydrogens is 318 g/mol. The molecule has 7 heteroatoms. The summed E-state index contributed by atoms with van der Waals surface area (Å²) in [5.74, 6) is 0.497. The Balaban J connectivity index is 1.54. The van der Waals surface area contributed by atoms with Gasteiger partial charge in [-0.1, -0.05) is 0 Å². The van der Waals surface area contributed by atoms with Gasteiger partial charge in [0.2, 0.25) is 5.88 Å². The second kappa shape index (κ2) is 7.00. The van der Waals surface area contributed by atoms with Crippen LogP contribution in [0.25, 0.3) is 11.0 Å². The van der Waals surface area contributed by atoms with Crippen LogP contribution in [-0.4, -0.2) is 45.9 Å². The summed E-state index contributed by atoms with van der Waals surface area (Å²) >= 11 is 0. The van der Waals surface area contributed by atoms with Crippen LogP contribution in [0.15, 0.2) is 12.1 Å². The van der Waals surface area contributed by atoms with Gasteiger partial charge in [0.05, 0.1) is 5.39 Å². The van der Waals surface area contributed by atoms with Crippen molar-refractivity contribution in [2.45, 2.75) is 50.7 Å². The number of nitrogens with zero attached hydrogens (tertiary/aromatic N) is 3. The number of ether oxygens (including phenoxy) is 1. The van der Waals surface area contributed by atoms with Gasteiger partial charge in [0.1, 0.15) is 6.10 Å². The van der Waals surface area contributed by atoms with E-state index in [4.69, 9.17) is 4.74 Å². The second-order valence-electron chi connectivity index (χ2n) is 7.01. The molecule has 134 valence electrons. The van der Waals surface area contributed by atoms with Gasteiger partial charge < -0.3 is 15.4 Å². The first-order chi connectivity index (χ1) is 12.2. The van der Waals surface area contributed by atoms with E-state index in [0.717, 1.165) is 44.2 Å². The fourth-order valence-electron chi connectivity index (χ4n) is 3.74. The Morgan fingerprint density at radius 2 is 2.00 bits per heavy atom. The number of carbonyl (C=O) groups excluding carboxylic acids is 1. The predicted molar refractivity (Wildman–Crippen MR) is 94.8 cm³/mol. The van der Waals surface area contributed by atoms with Gasteiger partial charge in [0.25, 0.3) is 5.91 Å². The van der Waals surface area contributed by atoms with Crippen LogP contribution in [-0.2, 0) is 7.05 Å². The van der Waals surface area contributed by atoms with Crippen molar-refractivity contribution in [2.24, 2.45) is 7.05 Å². The molecule has 4 rings (SSSR count). The number of carbonyl (C=O) groups is 1. The fourth-order valence-corrected chi connectivity index (χ4v) is 3.74. The average Bonchev–Trinajstić information content (AvgIpc) is 3.24. The minimum absolute atomic E-state index is 0.122. The number of aryl methyl sites for hydroxylation is 1. The third-order valence-corrected chi connectivity index (χ3v) is 5.14. The molecule has 0 spiro atoms. The maximum absolute atomic E-state index is 12.6. The highest BCUT2D eigenvalue weighted by Crippen LogP contribution is 2.25. The van der Waals surface area contributed by atoms with Crippen LogP contribution in [0.1, 0.15) is 49.0 Å². The molecular formula is C18H25N5O2. The van der Waals surface area contributed by atoms with Crippen LogP contribution in [0, 0.1) is 0 Å². The van der Waals surface area contributed by atoms with Crippen molar-refractivity contribution in [1.29, 1.82) is 0 Å². The molecule has 2 N–H and O–H groups in total. The molecule has 1 saturated carbocycles. The minimum atomic E-state index is -0.122. The number of rotatable bonds is 4. The number of hydrogen-bond donors (Lipinski definition) is 2. The molecule has 1 aliphatic carbocycles. The molecule has 25 heavy (non-hydrogen) atoms. The Morgan fingerprint density at radius 1 is 1.24 bits per heavy atom. The van der Waals surface area contributed by atoms with E-state index in [1.54, 1.807) is 4.68 Å². The molecule has 3 heterocycles. The SMILES string of the molecule is Cn1nc(C(=O)NC2CCNCC2)c2ccc(OC3CCCC3)nc21. The molecule has 0 aromatic carbocycles. The summed E-state index contributed by atoms with van der Waals surface area (Å²) in [5, 5.41) is 11.6. The van der Waals surface area contributed by atoms with Gasteiger partial charge >= 0.3 is 0 Å². The summed E-state index contributed by atoms with van der Waals surface area (Å²) in [4.78, 5) is 17.2. The number of amides is 1. The summed E-state index contributed by atoms with van der Waals surface area (Å²) in [5.41, 5.74) is 1.13. The number of aromatic nitrogens is 3. The maximum atomic E-state index is 12.6. The third-order valence-electron chi connectivity index (χ3n) is 5.14. The first kappa shape index (κ1) is 16.3. The van der Waals surface area contributed by atoms with Crippen LogP contribution >= 0.6 is 0 Å². The van der Waals surface area contributed by atoms with Crippen LogP contribution < -0.4 is 15.4 Å². The highest BCUT2D eigenvalue weighted by atomic mass is 16.5. The van der Waals surface area contributed by atoms with E-state index in [1.165, 1.54) is 12.8 Å². The van der Waals surface area contributed by atoms with Crippen molar-refractivity contribution in [3.05, 3.63) is 17.8 Å². The molecule has 0 radical (unpaired) electrons. The first-order valence-corrected chi connectivity index (χ1v) is 9.23. The van der Waals surface area contributed by atoms with Gasteiger partial charge in [-0.15, -0.1) is 0 Å². The van der Waals surface area contributed by atoms with Crippen molar-refractivity contribution in [1.82, 2.24) is 25.4 Å². The maximum Gasteiger partial charge on any atom is 0.272 e. The lowest BCUT2D eigenvalue weighted by Crippen LogP contribution is -2.42. The Morgan fingerprint density at radius 3 is 2.76 bits per heavy atom. The molecule has 1 amide bonds. The van der Waals surface area contributed by atoms with Crippen LogP contribution in [0.2, 0.25) is 0 Å². The molecule has 2 fully saturated rings. The Bertz CT molecular complexity index is 760. The van der Waals surface area contributed by atoms with E-state index < -0.39 is 0 Å². The fraction of sp³-hybridized carbons (Fsp3) is 0.611. The highest BCUT2D eigenvalue weighted by Gasteiger charge is 2.22. The van der Waals surface area contributed by atoms with E-state index in [2.05, 4.69) is 20.7 Å². The number of pyridine rings is 1. The molecule has 1 aliphatic heterocycles. The molecule has 2 aliphatic rings.